The lowest BCUT2D eigenvalue weighted by Gasteiger charge is -2.34. The zero-order valence-electron chi connectivity index (χ0n) is 12.8. The van der Waals surface area contributed by atoms with Crippen LogP contribution in [0.3, 0.4) is 0 Å². The summed E-state index contributed by atoms with van der Waals surface area (Å²) >= 11 is 0. The van der Waals surface area contributed by atoms with E-state index in [1.165, 1.54) is 18.0 Å². The standard InChI is InChI=1S/C17H19N3O3/c21-17(22)15-16(19-9-8-18-15)20-10-11-23-14(12-20)7-6-13-4-2-1-3-5-13/h1-5,8-9,14H,6-7,10-12H2,(H,21,22). The average Bonchev–Trinajstić information content (AvgIpc) is 2.61. The van der Waals surface area contributed by atoms with Crippen molar-refractivity contribution in [2.24, 2.45) is 0 Å². The van der Waals surface area contributed by atoms with Gasteiger partial charge in [-0.25, -0.2) is 14.8 Å². The zero-order valence-corrected chi connectivity index (χ0v) is 12.8. The molecule has 0 bridgehead atoms. The van der Waals surface area contributed by atoms with Crippen LogP contribution >= 0.6 is 0 Å². The topological polar surface area (TPSA) is 75.5 Å². The molecule has 0 amide bonds. The van der Waals surface area contributed by atoms with Gasteiger partial charge in [0.15, 0.2) is 11.5 Å². The number of morpholine rings is 1. The van der Waals surface area contributed by atoms with Crippen LogP contribution < -0.4 is 4.90 Å². The summed E-state index contributed by atoms with van der Waals surface area (Å²) in [4.78, 5) is 21.4. The zero-order chi connectivity index (χ0) is 16.1. The summed E-state index contributed by atoms with van der Waals surface area (Å²) in [5.41, 5.74) is 1.27. The molecule has 1 unspecified atom stereocenters. The van der Waals surface area contributed by atoms with Gasteiger partial charge in [-0.1, -0.05) is 30.3 Å². The second kappa shape index (κ2) is 7.19. The highest BCUT2D eigenvalue weighted by atomic mass is 16.5. The average molecular weight is 313 g/mol. The molecule has 1 aromatic heterocycles. The number of aromatic nitrogens is 2. The summed E-state index contributed by atoms with van der Waals surface area (Å²) in [6.07, 6.45) is 4.82. The smallest absolute Gasteiger partial charge is 0.358 e. The normalized spacial score (nSPS) is 17.9. The highest BCUT2D eigenvalue weighted by Crippen LogP contribution is 2.20. The molecule has 0 radical (unpaired) electrons. The van der Waals surface area contributed by atoms with Crippen LogP contribution in [-0.4, -0.2) is 46.8 Å². The second-order valence-corrected chi connectivity index (χ2v) is 5.50. The van der Waals surface area contributed by atoms with Crippen LogP contribution in [0, 0.1) is 0 Å². The molecule has 1 aliphatic heterocycles. The molecule has 0 saturated carbocycles. The molecule has 120 valence electrons. The lowest BCUT2D eigenvalue weighted by atomic mass is 10.1. The number of aromatic carboxylic acids is 1. The van der Waals surface area contributed by atoms with E-state index in [9.17, 15) is 9.90 Å². The number of hydrogen-bond donors (Lipinski definition) is 1. The predicted octanol–water partition coefficient (Wildman–Crippen LogP) is 2.01. The lowest BCUT2D eigenvalue weighted by molar-refractivity contribution is 0.0349. The fourth-order valence-corrected chi connectivity index (χ4v) is 2.77. The third-order valence-corrected chi connectivity index (χ3v) is 3.92. The van der Waals surface area contributed by atoms with Gasteiger partial charge in [0.1, 0.15) is 0 Å². The number of ether oxygens (including phenoxy) is 1. The van der Waals surface area contributed by atoms with Crippen molar-refractivity contribution in [2.75, 3.05) is 24.6 Å². The molecule has 2 heterocycles. The molecule has 2 aromatic rings. The number of carbonyl (C=O) groups is 1. The van der Waals surface area contributed by atoms with Crippen molar-refractivity contribution in [3.63, 3.8) is 0 Å². The molecule has 1 saturated heterocycles. The van der Waals surface area contributed by atoms with Crippen LogP contribution in [0.15, 0.2) is 42.7 Å². The Hall–Kier alpha value is -2.47. The Labute approximate surface area is 134 Å². The molecule has 1 atom stereocenters. The number of rotatable bonds is 5. The van der Waals surface area contributed by atoms with Gasteiger partial charge in [0.2, 0.25) is 0 Å². The minimum absolute atomic E-state index is 0.00351. The van der Waals surface area contributed by atoms with Crippen LogP contribution in [0.25, 0.3) is 0 Å². The number of hydrogen-bond acceptors (Lipinski definition) is 5. The van der Waals surface area contributed by atoms with Crippen molar-refractivity contribution >= 4 is 11.8 Å². The van der Waals surface area contributed by atoms with E-state index in [-0.39, 0.29) is 11.8 Å². The van der Waals surface area contributed by atoms with Crippen LogP contribution in [0.2, 0.25) is 0 Å². The number of nitrogens with zero attached hydrogens (tertiary/aromatic N) is 3. The van der Waals surface area contributed by atoms with Crippen LogP contribution in [0.5, 0.6) is 0 Å². The summed E-state index contributed by atoms with van der Waals surface area (Å²) in [6.45, 7) is 1.82. The van der Waals surface area contributed by atoms with E-state index in [1.54, 1.807) is 0 Å². The van der Waals surface area contributed by atoms with E-state index >= 15 is 0 Å². The molecule has 23 heavy (non-hydrogen) atoms. The minimum atomic E-state index is -1.06. The first-order chi connectivity index (χ1) is 11.2. The van der Waals surface area contributed by atoms with Crippen LogP contribution in [0.1, 0.15) is 22.5 Å². The van der Waals surface area contributed by atoms with E-state index in [1.807, 2.05) is 23.1 Å². The fraction of sp³-hybridized carbons (Fsp3) is 0.353. The maximum absolute atomic E-state index is 11.3. The highest BCUT2D eigenvalue weighted by Gasteiger charge is 2.25. The fourth-order valence-electron chi connectivity index (χ4n) is 2.77. The van der Waals surface area contributed by atoms with Crippen molar-refractivity contribution in [1.82, 2.24) is 9.97 Å². The van der Waals surface area contributed by atoms with Crippen molar-refractivity contribution < 1.29 is 14.6 Å². The Bertz CT molecular complexity index is 663. The van der Waals surface area contributed by atoms with Gasteiger partial charge in [-0.15, -0.1) is 0 Å². The van der Waals surface area contributed by atoms with Crippen molar-refractivity contribution in [2.45, 2.75) is 18.9 Å². The number of carboxylic acids is 1. The monoisotopic (exact) mass is 313 g/mol. The minimum Gasteiger partial charge on any atom is -0.476 e. The Balaban J connectivity index is 1.65. The molecule has 3 rings (SSSR count). The molecule has 0 aliphatic carbocycles. The van der Waals surface area contributed by atoms with E-state index in [0.717, 1.165) is 12.8 Å². The van der Waals surface area contributed by atoms with Gasteiger partial charge >= 0.3 is 5.97 Å². The van der Waals surface area contributed by atoms with Gasteiger partial charge in [-0.2, -0.15) is 0 Å². The first-order valence-corrected chi connectivity index (χ1v) is 7.69. The summed E-state index contributed by atoms with van der Waals surface area (Å²) in [7, 11) is 0. The number of aryl methyl sites for hydroxylation is 1. The van der Waals surface area contributed by atoms with Gasteiger partial charge in [-0.05, 0) is 18.4 Å². The maximum Gasteiger partial charge on any atom is 0.358 e. The Morgan fingerprint density at radius 3 is 2.83 bits per heavy atom. The van der Waals surface area contributed by atoms with E-state index < -0.39 is 5.97 Å². The summed E-state index contributed by atoms with van der Waals surface area (Å²) < 4.78 is 5.81. The first kappa shape index (κ1) is 15.4. The third kappa shape index (κ3) is 3.84. The van der Waals surface area contributed by atoms with Gasteiger partial charge in [0.05, 0.1) is 12.7 Å². The van der Waals surface area contributed by atoms with E-state index in [0.29, 0.717) is 25.5 Å². The Morgan fingerprint density at radius 1 is 1.26 bits per heavy atom. The molecule has 0 spiro atoms. The third-order valence-electron chi connectivity index (χ3n) is 3.92. The second-order valence-electron chi connectivity index (χ2n) is 5.50. The predicted molar refractivity (Wildman–Crippen MR) is 85.7 cm³/mol. The van der Waals surface area contributed by atoms with Crippen molar-refractivity contribution in [3.8, 4) is 0 Å². The molecule has 1 aromatic carbocycles. The highest BCUT2D eigenvalue weighted by molar-refractivity contribution is 5.90. The first-order valence-electron chi connectivity index (χ1n) is 7.69. The lowest BCUT2D eigenvalue weighted by Crippen LogP contribution is -2.43. The van der Waals surface area contributed by atoms with Crippen LogP contribution in [0.4, 0.5) is 5.82 Å². The van der Waals surface area contributed by atoms with Crippen molar-refractivity contribution in [1.29, 1.82) is 0 Å². The molecule has 1 N–H and O–H groups in total. The Morgan fingerprint density at radius 2 is 2.04 bits per heavy atom. The molecule has 1 fully saturated rings. The molecular formula is C17H19N3O3. The SMILES string of the molecule is O=C(O)c1nccnc1N1CCOC(CCc2ccccc2)C1. The largest absolute Gasteiger partial charge is 0.476 e. The van der Waals surface area contributed by atoms with Gasteiger partial charge in [-0.3, -0.25) is 0 Å². The van der Waals surface area contributed by atoms with E-state index in [2.05, 4.69) is 22.1 Å². The Kier molecular flexibility index (Phi) is 4.83. The molecule has 6 nitrogen and oxygen atoms in total. The summed E-state index contributed by atoms with van der Waals surface area (Å²) in [5.74, 6) is -0.631. The van der Waals surface area contributed by atoms with Crippen LogP contribution in [-0.2, 0) is 11.2 Å². The number of benzene rings is 1. The van der Waals surface area contributed by atoms with Gasteiger partial charge in [0, 0.05) is 25.5 Å². The summed E-state index contributed by atoms with van der Waals surface area (Å²) in [6, 6.07) is 10.3. The van der Waals surface area contributed by atoms with E-state index in [4.69, 9.17) is 4.74 Å². The number of anilines is 1. The van der Waals surface area contributed by atoms with Crippen molar-refractivity contribution in [3.05, 3.63) is 54.0 Å². The van der Waals surface area contributed by atoms with Gasteiger partial charge < -0.3 is 14.7 Å². The molecule has 1 aliphatic rings. The summed E-state index contributed by atoms with van der Waals surface area (Å²) in [5, 5.41) is 9.25. The van der Waals surface area contributed by atoms with Gasteiger partial charge in [0.25, 0.3) is 0 Å². The number of carboxylic acid groups (broad SMARTS) is 1. The molecule has 6 heteroatoms. The maximum atomic E-state index is 11.3. The molecular weight excluding hydrogens is 294 g/mol. The quantitative estimate of drug-likeness (QED) is 0.910.